The van der Waals surface area contributed by atoms with E-state index >= 15 is 0 Å². The topological polar surface area (TPSA) is 83.4 Å². The van der Waals surface area contributed by atoms with Gasteiger partial charge in [-0.15, -0.1) is 0 Å². The van der Waals surface area contributed by atoms with Crippen LogP contribution in [-0.2, 0) is 19.5 Å². The molecule has 4 heterocycles. The van der Waals surface area contributed by atoms with Crippen molar-refractivity contribution in [3.63, 3.8) is 0 Å². The number of benzene rings is 1. The molecule has 41 heavy (non-hydrogen) atoms. The molecule has 2 aliphatic rings. The monoisotopic (exact) mass is 546 g/mol. The highest BCUT2D eigenvalue weighted by Gasteiger charge is 2.48. The Morgan fingerprint density at radius 3 is 2.32 bits per heavy atom. The number of nitriles is 1. The lowest BCUT2D eigenvalue weighted by Crippen LogP contribution is -2.26. The molecule has 1 atom stereocenters. The minimum absolute atomic E-state index is 0.0388. The minimum atomic E-state index is -0.0389. The van der Waals surface area contributed by atoms with E-state index in [0.29, 0.717) is 6.42 Å². The lowest BCUT2D eigenvalue weighted by atomic mass is 9.75. The van der Waals surface area contributed by atoms with E-state index in [9.17, 15) is 0 Å². The van der Waals surface area contributed by atoms with Gasteiger partial charge in [0.2, 0.25) is 0 Å². The molecular formula is C33H38N8. The normalized spacial score (nSPS) is 16.2. The second-order valence-corrected chi connectivity index (χ2v) is 11.7. The van der Waals surface area contributed by atoms with Gasteiger partial charge in [0, 0.05) is 67.5 Å². The Morgan fingerprint density at radius 1 is 0.976 bits per heavy atom. The smallest absolute Gasteiger partial charge is 0.0726 e. The summed E-state index contributed by atoms with van der Waals surface area (Å²) in [4.78, 5) is 2.29. The Kier molecular flexibility index (Phi) is 6.61. The third-order valence-electron chi connectivity index (χ3n) is 9.05. The average Bonchev–Trinajstić information content (AvgIpc) is 3.75. The maximum absolute atomic E-state index is 9.09. The molecule has 1 saturated carbocycles. The van der Waals surface area contributed by atoms with Gasteiger partial charge in [0.1, 0.15) is 0 Å². The van der Waals surface area contributed by atoms with Crippen molar-refractivity contribution in [1.29, 1.82) is 5.26 Å². The molecule has 3 aromatic heterocycles. The van der Waals surface area contributed by atoms with E-state index in [4.69, 9.17) is 5.26 Å². The lowest BCUT2D eigenvalue weighted by molar-refractivity contribution is 0.500. The van der Waals surface area contributed by atoms with Gasteiger partial charge in [0.05, 0.1) is 42.3 Å². The van der Waals surface area contributed by atoms with Crippen LogP contribution in [0.2, 0.25) is 0 Å². The van der Waals surface area contributed by atoms with Gasteiger partial charge < -0.3 is 4.90 Å². The third-order valence-corrected chi connectivity index (χ3v) is 9.05. The number of aryl methyl sites for hydroxylation is 2. The number of aromatic nitrogens is 6. The van der Waals surface area contributed by atoms with Crippen molar-refractivity contribution in [3.05, 3.63) is 78.7 Å². The SMILES string of the molecule is C=C1N(C)c2cn(C)[nH]c(-c3cnn(C)c3)c(-c3ccc(-c4cnn(C(C)CC#N)c4)cc3)c(C)c2C12CCCC2. The number of hydrogen-bond donors (Lipinski definition) is 1. The fourth-order valence-electron chi connectivity index (χ4n) is 6.91. The van der Waals surface area contributed by atoms with Crippen LogP contribution in [0.3, 0.4) is 0 Å². The van der Waals surface area contributed by atoms with Gasteiger partial charge in [0.25, 0.3) is 0 Å². The van der Waals surface area contributed by atoms with Gasteiger partial charge in [-0.1, -0.05) is 43.7 Å². The van der Waals surface area contributed by atoms with Crippen LogP contribution in [0.25, 0.3) is 33.5 Å². The van der Waals surface area contributed by atoms with Crippen LogP contribution in [0, 0.1) is 18.3 Å². The van der Waals surface area contributed by atoms with E-state index in [1.807, 2.05) is 41.9 Å². The predicted molar refractivity (Wildman–Crippen MR) is 164 cm³/mol. The number of aromatic amines is 1. The van der Waals surface area contributed by atoms with Crippen LogP contribution in [0.5, 0.6) is 0 Å². The maximum atomic E-state index is 9.09. The summed E-state index contributed by atoms with van der Waals surface area (Å²) >= 11 is 0. The zero-order valence-corrected chi connectivity index (χ0v) is 24.6. The lowest BCUT2D eigenvalue weighted by Gasteiger charge is -2.28. The molecule has 1 aliphatic carbocycles. The molecule has 4 aromatic rings. The molecule has 210 valence electrons. The first-order valence-corrected chi connectivity index (χ1v) is 14.3. The van der Waals surface area contributed by atoms with Crippen LogP contribution in [0.4, 0.5) is 5.69 Å². The number of allylic oxidation sites excluding steroid dienone is 1. The van der Waals surface area contributed by atoms with Crippen molar-refractivity contribution in [3.8, 4) is 39.6 Å². The summed E-state index contributed by atoms with van der Waals surface area (Å²) in [7, 11) is 6.17. The summed E-state index contributed by atoms with van der Waals surface area (Å²) in [5.74, 6) is 0. The van der Waals surface area contributed by atoms with Crippen molar-refractivity contribution in [2.24, 2.45) is 14.1 Å². The summed E-state index contributed by atoms with van der Waals surface area (Å²) in [6, 6.07) is 11.0. The van der Waals surface area contributed by atoms with Gasteiger partial charge in [-0.05, 0) is 48.9 Å². The molecule has 0 bridgehead atoms. The third kappa shape index (κ3) is 4.37. The van der Waals surface area contributed by atoms with Crippen molar-refractivity contribution in [2.75, 3.05) is 11.9 Å². The van der Waals surface area contributed by atoms with Crippen molar-refractivity contribution in [2.45, 2.75) is 57.4 Å². The largest absolute Gasteiger partial charge is 0.346 e. The number of hydrogen-bond acceptors (Lipinski definition) is 4. The number of nitrogens with one attached hydrogen (secondary N) is 1. The second-order valence-electron chi connectivity index (χ2n) is 11.7. The zero-order chi connectivity index (χ0) is 28.9. The maximum Gasteiger partial charge on any atom is 0.0726 e. The average molecular weight is 547 g/mol. The Bertz CT molecular complexity index is 1710. The van der Waals surface area contributed by atoms with Crippen LogP contribution >= 0.6 is 0 Å². The molecule has 1 spiro atoms. The van der Waals surface area contributed by atoms with Crippen LogP contribution in [0.1, 0.15) is 56.2 Å². The molecule has 1 aliphatic heterocycles. The van der Waals surface area contributed by atoms with Gasteiger partial charge in [0.15, 0.2) is 0 Å². The fraction of sp³-hybridized carbons (Fsp3) is 0.364. The van der Waals surface area contributed by atoms with E-state index in [2.05, 4.69) is 95.2 Å². The molecule has 1 unspecified atom stereocenters. The number of fused-ring (bicyclic) bond motifs is 2. The predicted octanol–water partition coefficient (Wildman–Crippen LogP) is 6.97. The second kappa shape index (κ2) is 10.2. The summed E-state index contributed by atoms with van der Waals surface area (Å²) in [6.07, 6.45) is 15.2. The van der Waals surface area contributed by atoms with Crippen LogP contribution in [0.15, 0.2) is 67.5 Å². The first-order chi connectivity index (χ1) is 19.7. The highest BCUT2D eigenvalue weighted by atomic mass is 15.3. The van der Waals surface area contributed by atoms with Crippen LogP contribution < -0.4 is 4.90 Å². The zero-order valence-electron chi connectivity index (χ0n) is 24.6. The Labute approximate surface area is 241 Å². The van der Waals surface area contributed by atoms with Gasteiger partial charge >= 0.3 is 0 Å². The molecule has 8 nitrogen and oxygen atoms in total. The summed E-state index contributed by atoms with van der Waals surface area (Å²) < 4.78 is 5.78. The highest BCUT2D eigenvalue weighted by molar-refractivity contribution is 5.86. The summed E-state index contributed by atoms with van der Waals surface area (Å²) in [5, 5.41) is 21.8. The molecule has 1 aromatic carbocycles. The number of nitrogens with zero attached hydrogens (tertiary/aromatic N) is 7. The molecule has 1 fully saturated rings. The standard InChI is InChI=1S/C33H38N8/c1-22(13-16-34)41-20-27(17-36-41)25-9-11-26(12-10-25)30-23(2)31-29(40(6)24(3)33(31)14-7-8-15-33)21-39(5)37-32(30)28-18-35-38(4)19-28/h9-12,17-22,37H,3,7-8,13-15H2,1-2,4-6H3. The summed E-state index contributed by atoms with van der Waals surface area (Å²) in [5.41, 5.74) is 11.5. The Hall–Kier alpha value is -4.51. The highest BCUT2D eigenvalue weighted by Crippen LogP contribution is 2.57. The quantitative estimate of drug-likeness (QED) is 0.293. The van der Waals surface area contributed by atoms with Gasteiger partial charge in [-0.3, -0.25) is 19.1 Å². The first kappa shape index (κ1) is 26.7. The van der Waals surface area contributed by atoms with E-state index < -0.39 is 0 Å². The molecule has 6 rings (SSSR count). The van der Waals surface area contributed by atoms with Crippen LogP contribution in [-0.4, -0.2) is 36.4 Å². The number of H-pyrrole nitrogens is 1. The van der Waals surface area contributed by atoms with Crippen molar-refractivity contribution < 1.29 is 0 Å². The number of anilines is 1. The molecule has 0 amide bonds. The van der Waals surface area contributed by atoms with E-state index in [-0.39, 0.29) is 11.5 Å². The minimum Gasteiger partial charge on any atom is -0.346 e. The number of likely N-dealkylation sites (N-methyl/N-ethyl adjacent to an activating group) is 1. The Balaban J connectivity index is 1.57. The molecular weight excluding hydrogens is 508 g/mol. The molecule has 0 saturated heterocycles. The Morgan fingerprint density at radius 2 is 1.66 bits per heavy atom. The van der Waals surface area contributed by atoms with E-state index in [1.54, 1.807) is 0 Å². The molecule has 1 N–H and O–H groups in total. The first-order valence-electron chi connectivity index (χ1n) is 14.3. The fourth-order valence-corrected chi connectivity index (χ4v) is 6.91. The van der Waals surface area contributed by atoms with E-state index in [0.717, 1.165) is 40.8 Å². The summed E-state index contributed by atoms with van der Waals surface area (Å²) in [6.45, 7) is 8.92. The van der Waals surface area contributed by atoms with E-state index in [1.165, 1.54) is 40.9 Å². The van der Waals surface area contributed by atoms with Gasteiger partial charge in [-0.25, -0.2) is 0 Å². The molecule has 0 radical (unpaired) electrons. The van der Waals surface area contributed by atoms with Crippen molar-refractivity contribution >= 4 is 5.69 Å². The molecule has 8 heteroatoms. The number of rotatable bonds is 5. The van der Waals surface area contributed by atoms with Crippen molar-refractivity contribution in [1.82, 2.24) is 29.3 Å². The van der Waals surface area contributed by atoms with Gasteiger partial charge in [-0.2, -0.15) is 15.5 Å².